The van der Waals surface area contributed by atoms with Gasteiger partial charge < -0.3 is 5.73 Å². The number of rotatable bonds is 3. The first-order valence-electron chi connectivity index (χ1n) is 6.27. The van der Waals surface area contributed by atoms with Crippen LogP contribution in [0.3, 0.4) is 0 Å². The fraction of sp³-hybridized carbons (Fsp3) is 0.692. The summed E-state index contributed by atoms with van der Waals surface area (Å²) in [5.74, 6) is -1.14. The Kier molecular flexibility index (Phi) is 4.02. The average molecular weight is 277 g/mol. The van der Waals surface area contributed by atoms with Crippen molar-refractivity contribution in [2.75, 3.05) is 0 Å². The SMILES string of the molecule is NC1(CCc2cccs2)CCC(C(F)(F)F)CC1. The molecule has 0 aliphatic heterocycles. The highest BCUT2D eigenvalue weighted by atomic mass is 32.1. The van der Waals surface area contributed by atoms with Crippen molar-refractivity contribution in [3.63, 3.8) is 0 Å². The van der Waals surface area contributed by atoms with Crippen LogP contribution in [-0.4, -0.2) is 11.7 Å². The van der Waals surface area contributed by atoms with Gasteiger partial charge in [0.2, 0.25) is 0 Å². The third-order valence-electron chi connectivity index (χ3n) is 3.89. The minimum atomic E-state index is -4.05. The van der Waals surface area contributed by atoms with Gasteiger partial charge in [0.1, 0.15) is 0 Å². The molecule has 2 N–H and O–H groups in total. The molecule has 1 saturated carbocycles. The van der Waals surface area contributed by atoms with E-state index in [1.807, 2.05) is 11.4 Å². The van der Waals surface area contributed by atoms with Crippen LogP contribution in [-0.2, 0) is 6.42 Å². The van der Waals surface area contributed by atoms with Crippen LogP contribution in [0.2, 0.25) is 0 Å². The van der Waals surface area contributed by atoms with Gasteiger partial charge in [0.25, 0.3) is 0 Å². The summed E-state index contributed by atoms with van der Waals surface area (Å²) >= 11 is 1.68. The minimum Gasteiger partial charge on any atom is -0.325 e. The van der Waals surface area contributed by atoms with Crippen LogP contribution >= 0.6 is 11.3 Å². The van der Waals surface area contributed by atoms with Crippen molar-refractivity contribution in [2.45, 2.75) is 50.2 Å². The summed E-state index contributed by atoms with van der Waals surface area (Å²) in [6.07, 6.45) is -1.03. The molecule has 1 aliphatic carbocycles. The molecule has 0 aromatic carbocycles. The minimum absolute atomic E-state index is 0.185. The summed E-state index contributed by atoms with van der Waals surface area (Å²) in [6, 6.07) is 4.04. The second-order valence-electron chi connectivity index (χ2n) is 5.26. The van der Waals surface area contributed by atoms with E-state index >= 15 is 0 Å². The lowest BCUT2D eigenvalue weighted by atomic mass is 9.74. The molecule has 0 bridgehead atoms. The fourth-order valence-electron chi connectivity index (χ4n) is 2.60. The van der Waals surface area contributed by atoms with E-state index in [0.29, 0.717) is 12.8 Å². The van der Waals surface area contributed by atoms with E-state index in [1.54, 1.807) is 11.3 Å². The van der Waals surface area contributed by atoms with Gasteiger partial charge in [0, 0.05) is 10.4 Å². The molecule has 5 heteroatoms. The molecule has 0 atom stereocenters. The smallest absolute Gasteiger partial charge is 0.325 e. The fourth-order valence-corrected chi connectivity index (χ4v) is 3.31. The maximum Gasteiger partial charge on any atom is 0.391 e. The Balaban J connectivity index is 1.83. The first-order valence-corrected chi connectivity index (χ1v) is 7.15. The first kappa shape index (κ1) is 13.9. The Hall–Kier alpha value is -0.550. The van der Waals surface area contributed by atoms with Crippen molar-refractivity contribution >= 4 is 11.3 Å². The maximum atomic E-state index is 12.6. The van der Waals surface area contributed by atoms with Gasteiger partial charge in [-0.3, -0.25) is 0 Å². The highest BCUT2D eigenvalue weighted by Gasteiger charge is 2.44. The standard InChI is InChI=1S/C13H18F3NS/c14-13(15,16)10-3-6-12(17,7-4-10)8-5-11-2-1-9-18-11/h1-2,9-10H,3-8,17H2. The zero-order valence-corrected chi connectivity index (χ0v) is 11.0. The van der Waals surface area contributed by atoms with E-state index in [2.05, 4.69) is 6.07 Å². The van der Waals surface area contributed by atoms with E-state index in [4.69, 9.17) is 5.73 Å². The van der Waals surface area contributed by atoms with Crippen LogP contribution < -0.4 is 5.73 Å². The molecule has 18 heavy (non-hydrogen) atoms. The topological polar surface area (TPSA) is 26.0 Å². The molecule has 0 radical (unpaired) electrons. The molecule has 1 nitrogen and oxygen atoms in total. The van der Waals surface area contributed by atoms with Crippen molar-refractivity contribution in [3.05, 3.63) is 22.4 Å². The lowest BCUT2D eigenvalue weighted by Crippen LogP contribution is -2.45. The van der Waals surface area contributed by atoms with E-state index in [9.17, 15) is 13.2 Å². The molecule has 1 aromatic rings. The summed E-state index contributed by atoms with van der Waals surface area (Å²) in [4.78, 5) is 1.26. The quantitative estimate of drug-likeness (QED) is 0.883. The molecular weight excluding hydrogens is 259 g/mol. The lowest BCUT2D eigenvalue weighted by molar-refractivity contribution is -0.184. The van der Waals surface area contributed by atoms with E-state index in [0.717, 1.165) is 12.8 Å². The molecular formula is C13H18F3NS. The van der Waals surface area contributed by atoms with Gasteiger partial charge in [-0.1, -0.05) is 6.07 Å². The highest BCUT2D eigenvalue weighted by molar-refractivity contribution is 7.09. The molecule has 1 heterocycles. The van der Waals surface area contributed by atoms with Crippen LogP contribution in [0.15, 0.2) is 17.5 Å². The number of thiophene rings is 1. The molecule has 0 saturated heterocycles. The summed E-state index contributed by atoms with van der Waals surface area (Å²) < 4.78 is 37.7. The van der Waals surface area contributed by atoms with Crippen molar-refractivity contribution in [2.24, 2.45) is 11.7 Å². The molecule has 0 spiro atoms. The Morgan fingerprint density at radius 1 is 1.33 bits per heavy atom. The van der Waals surface area contributed by atoms with Crippen molar-refractivity contribution in [1.82, 2.24) is 0 Å². The van der Waals surface area contributed by atoms with Gasteiger partial charge in [-0.25, -0.2) is 0 Å². The number of nitrogens with two attached hydrogens (primary N) is 1. The Morgan fingerprint density at radius 3 is 2.50 bits per heavy atom. The third kappa shape index (κ3) is 3.48. The van der Waals surface area contributed by atoms with Gasteiger partial charge in [-0.15, -0.1) is 11.3 Å². The van der Waals surface area contributed by atoms with Gasteiger partial charge in [-0.05, 0) is 50.0 Å². The van der Waals surface area contributed by atoms with Crippen LogP contribution in [0.1, 0.15) is 37.0 Å². The zero-order chi connectivity index (χ0) is 13.2. The second kappa shape index (κ2) is 5.21. The second-order valence-corrected chi connectivity index (χ2v) is 6.29. The Morgan fingerprint density at radius 2 is 2.00 bits per heavy atom. The number of hydrogen-bond acceptors (Lipinski definition) is 2. The van der Waals surface area contributed by atoms with Crippen molar-refractivity contribution < 1.29 is 13.2 Å². The van der Waals surface area contributed by atoms with Gasteiger partial charge in [0.15, 0.2) is 0 Å². The lowest BCUT2D eigenvalue weighted by Gasteiger charge is -2.37. The number of aryl methyl sites for hydroxylation is 1. The normalized spacial score (nSPS) is 29.4. The molecule has 0 unspecified atom stereocenters. The molecule has 102 valence electrons. The number of hydrogen-bond donors (Lipinski definition) is 1. The van der Waals surface area contributed by atoms with Gasteiger partial charge in [-0.2, -0.15) is 13.2 Å². The van der Waals surface area contributed by atoms with Gasteiger partial charge >= 0.3 is 6.18 Å². The summed E-state index contributed by atoms with van der Waals surface area (Å²) in [6.45, 7) is 0. The van der Waals surface area contributed by atoms with E-state index in [1.165, 1.54) is 4.88 Å². The molecule has 0 amide bonds. The summed E-state index contributed by atoms with van der Waals surface area (Å²) in [7, 11) is 0. The Bertz CT molecular complexity index is 364. The van der Waals surface area contributed by atoms with E-state index < -0.39 is 17.6 Å². The van der Waals surface area contributed by atoms with Crippen molar-refractivity contribution in [3.8, 4) is 0 Å². The van der Waals surface area contributed by atoms with Crippen LogP contribution in [0, 0.1) is 5.92 Å². The Labute approximate surface area is 109 Å². The van der Waals surface area contributed by atoms with Gasteiger partial charge in [0.05, 0.1) is 5.92 Å². The number of alkyl halides is 3. The largest absolute Gasteiger partial charge is 0.391 e. The van der Waals surface area contributed by atoms with Crippen LogP contribution in [0.25, 0.3) is 0 Å². The average Bonchev–Trinajstić information content (AvgIpc) is 2.79. The summed E-state index contributed by atoms with van der Waals surface area (Å²) in [5, 5.41) is 2.01. The first-order chi connectivity index (χ1) is 8.39. The van der Waals surface area contributed by atoms with E-state index in [-0.39, 0.29) is 12.8 Å². The third-order valence-corrected chi connectivity index (χ3v) is 4.83. The predicted molar refractivity (Wildman–Crippen MR) is 67.6 cm³/mol. The van der Waals surface area contributed by atoms with Crippen LogP contribution in [0.4, 0.5) is 13.2 Å². The number of halogens is 3. The molecule has 2 rings (SSSR count). The zero-order valence-electron chi connectivity index (χ0n) is 10.2. The molecule has 1 fully saturated rings. The molecule has 1 aliphatic rings. The van der Waals surface area contributed by atoms with Crippen molar-refractivity contribution in [1.29, 1.82) is 0 Å². The molecule has 1 aromatic heterocycles. The predicted octanol–water partition coefficient (Wildman–Crippen LogP) is 4.13. The monoisotopic (exact) mass is 277 g/mol. The highest BCUT2D eigenvalue weighted by Crippen LogP contribution is 2.41. The van der Waals surface area contributed by atoms with Crippen LogP contribution in [0.5, 0.6) is 0 Å². The summed E-state index contributed by atoms with van der Waals surface area (Å²) in [5.41, 5.74) is 5.82. The maximum absolute atomic E-state index is 12.6.